The summed E-state index contributed by atoms with van der Waals surface area (Å²) in [5, 5.41) is 4.01. The molecule has 3 N–H and O–H groups in total. The highest BCUT2D eigenvalue weighted by molar-refractivity contribution is 5.92. The first-order valence-electron chi connectivity index (χ1n) is 16.8. The highest BCUT2D eigenvalue weighted by Crippen LogP contribution is 2.45. The lowest BCUT2D eigenvalue weighted by Crippen LogP contribution is -2.63. The van der Waals surface area contributed by atoms with E-state index in [4.69, 9.17) is 20.2 Å². The monoisotopic (exact) mass is 689 g/mol. The highest BCUT2D eigenvalue weighted by Gasteiger charge is 2.51. The number of fused-ring (bicyclic) bond motifs is 4. The molecule has 7 heterocycles. The summed E-state index contributed by atoms with van der Waals surface area (Å²) in [6.07, 6.45) is 2.62. The van der Waals surface area contributed by atoms with Crippen molar-refractivity contribution in [2.24, 2.45) is 5.92 Å². The molecule has 0 saturated carbocycles. The molecule has 5 saturated heterocycles. The zero-order chi connectivity index (χ0) is 34.1. The van der Waals surface area contributed by atoms with Crippen LogP contribution in [0.5, 0.6) is 6.01 Å². The first-order valence-corrected chi connectivity index (χ1v) is 16.8. The Balaban J connectivity index is 1.24. The van der Waals surface area contributed by atoms with E-state index in [1.807, 2.05) is 0 Å². The summed E-state index contributed by atoms with van der Waals surface area (Å²) in [4.78, 5) is 17.5. The largest absolute Gasteiger partial charge is 0.461 e. The molecule has 2 aromatic heterocycles. The number of nitrogen functional groups attached to an aromatic ring is 1. The lowest BCUT2D eigenvalue weighted by Gasteiger charge is -2.47. The molecule has 3 atom stereocenters. The summed E-state index contributed by atoms with van der Waals surface area (Å²) in [7, 11) is 0. The van der Waals surface area contributed by atoms with Gasteiger partial charge >= 0.3 is 12.2 Å². The van der Waals surface area contributed by atoms with Crippen LogP contribution in [0.4, 0.5) is 37.8 Å². The van der Waals surface area contributed by atoms with E-state index in [1.54, 1.807) is 0 Å². The third-order valence-electron chi connectivity index (χ3n) is 11.3. The van der Waals surface area contributed by atoms with Crippen LogP contribution in [0.3, 0.4) is 0 Å². The van der Waals surface area contributed by atoms with Crippen LogP contribution in [0, 0.1) is 17.6 Å². The van der Waals surface area contributed by atoms with Crippen molar-refractivity contribution >= 4 is 22.4 Å². The predicted molar refractivity (Wildman–Crippen MR) is 170 cm³/mol. The molecule has 9 nitrogen and oxygen atoms in total. The summed E-state index contributed by atoms with van der Waals surface area (Å²) in [5.41, 5.74) is 1.31. The number of ether oxygens (including phenoxy) is 2. The summed E-state index contributed by atoms with van der Waals surface area (Å²) in [5.74, 6) is -1.99. The minimum absolute atomic E-state index is 0.104. The molecule has 262 valence electrons. The Bertz CT molecular complexity index is 1820. The molecule has 5 aliphatic heterocycles. The summed E-state index contributed by atoms with van der Waals surface area (Å²) in [6.45, 7) is 3.80. The number of halogens is 6. The second-order valence-corrected chi connectivity index (χ2v) is 14.2. The normalized spacial score (nSPS) is 28.6. The van der Waals surface area contributed by atoms with Crippen molar-refractivity contribution in [3.63, 3.8) is 0 Å². The maximum Gasteiger partial charge on any atom is 0.417 e. The van der Waals surface area contributed by atoms with Gasteiger partial charge in [0.2, 0.25) is 0 Å². The van der Waals surface area contributed by atoms with Crippen LogP contribution in [0.15, 0.2) is 30.2 Å². The van der Waals surface area contributed by atoms with Gasteiger partial charge in [-0.15, -0.1) is 0 Å². The van der Waals surface area contributed by atoms with Crippen molar-refractivity contribution in [2.45, 2.75) is 68.2 Å². The molecule has 5 fully saturated rings. The number of hydrogen-bond acceptors (Lipinski definition) is 9. The number of nitrogens with two attached hydrogens (primary N) is 1. The van der Waals surface area contributed by atoms with Gasteiger partial charge in [0, 0.05) is 50.6 Å². The van der Waals surface area contributed by atoms with Crippen LogP contribution in [0.2, 0.25) is 0 Å². The van der Waals surface area contributed by atoms with Crippen molar-refractivity contribution in [3.8, 4) is 17.3 Å². The average molecular weight is 690 g/mol. The Hall–Kier alpha value is -3.69. The summed E-state index contributed by atoms with van der Waals surface area (Å²) < 4.78 is 99.7. The molecule has 0 unspecified atom stereocenters. The molecule has 3 aromatic rings. The molecule has 49 heavy (non-hydrogen) atoms. The number of piperazine rings is 1. The molecule has 0 amide bonds. The lowest BCUT2D eigenvalue weighted by molar-refractivity contribution is -0.137. The molecule has 0 radical (unpaired) electrons. The Morgan fingerprint density at radius 1 is 1.10 bits per heavy atom. The maximum absolute atomic E-state index is 16.7. The molecule has 0 aliphatic carbocycles. The Morgan fingerprint density at radius 3 is 2.69 bits per heavy atom. The number of pyridine rings is 1. The molecule has 5 aliphatic rings. The van der Waals surface area contributed by atoms with Crippen LogP contribution in [0.25, 0.3) is 22.2 Å². The first kappa shape index (κ1) is 32.5. The third-order valence-corrected chi connectivity index (χ3v) is 11.3. The number of nitrogens with zero attached hydrogens (tertiary/aromatic N) is 5. The minimum Gasteiger partial charge on any atom is -0.461 e. The van der Waals surface area contributed by atoms with Gasteiger partial charge in [-0.25, -0.2) is 13.2 Å². The smallest absolute Gasteiger partial charge is 0.417 e. The SMILES string of the molecule is Nc1ccc(C(F)(F)F)c(-c2ncc3c(N4C[C@@H]5CC[C@](C6CCOCC6)(C4)N5)nc(OC[C@@]45CCCN4C/C(=C/F)C5)nc3c2F)c1F. The number of hydrogen-bond donors (Lipinski definition) is 2. The van der Waals surface area contributed by atoms with Crippen LogP contribution >= 0.6 is 0 Å². The van der Waals surface area contributed by atoms with E-state index >= 15 is 8.78 Å². The van der Waals surface area contributed by atoms with Crippen molar-refractivity contribution in [2.75, 3.05) is 56.6 Å². The van der Waals surface area contributed by atoms with E-state index in [1.165, 1.54) is 6.20 Å². The van der Waals surface area contributed by atoms with E-state index in [0.29, 0.717) is 69.0 Å². The lowest BCUT2D eigenvalue weighted by atomic mass is 9.77. The van der Waals surface area contributed by atoms with Crippen LogP contribution < -0.4 is 20.7 Å². The second kappa shape index (κ2) is 12.0. The molecule has 0 spiro atoms. The van der Waals surface area contributed by atoms with Gasteiger partial charge in [0.25, 0.3) is 0 Å². The average Bonchev–Trinajstić information content (AvgIpc) is 3.75. The van der Waals surface area contributed by atoms with Gasteiger partial charge in [0.05, 0.1) is 34.1 Å². The zero-order valence-corrected chi connectivity index (χ0v) is 26.8. The maximum atomic E-state index is 16.7. The van der Waals surface area contributed by atoms with Gasteiger partial charge in [-0.2, -0.15) is 23.1 Å². The van der Waals surface area contributed by atoms with Crippen LogP contribution in [-0.4, -0.2) is 83.0 Å². The molecular weight excluding hydrogens is 652 g/mol. The van der Waals surface area contributed by atoms with Gasteiger partial charge in [-0.1, -0.05) is 0 Å². The number of nitrogens with one attached hydrogen (secondary N) is 1. The van der Waals surface area contributed by atoms with Gasteiger partial charge < -0.3 is 25.4 Å². The summed E-state index contributed by atoms with van der Waals surface area (Å²) >= 11 is 0. The molecule has 1 aromatic carbocycles. The van der Waals surface area contributed by atoms with Crippen molar-refractivity contribution in [1.82, 2.24) is 25.2 Å². The van der Waals surface area contributed by atoms with Gasteiger partial charge in [0.1, 0.15) is 23.6 Å². The van der Waals surface area contributed by atoms with E-state index in [0.717, 1.165) is 51.1 Å². The second-order valence-electron chi connectivity index (χ2n) is 14.2. The van der Waals surface area contributed by atoms with E-state index in [-0.39, 0.29) is 35.1 Å². The standard InChI is InChI=1S/C34H37F6N7O2/c35-13-19-12-32(7-1-9-47(32)15-19)18-49-31-43-28-22(14-42-29(27(28)37)25-23(34(38,39)40)2-3-24(41)26(25)36)30(44-31)46-16-21-4-8-33(17-46,45-21)20-5-10-48-11-6-20/h2-3,13-14,20-21,45H,1,4-12,15-18,41H2/b19-13+/t21-,32-,33+/m0/s1. The predicted octanol–water partition coefficient (Wildman–Crippen LogP) is 5.78. The quantitative estimate of drug-likeness (QED) is 0.247. The van der Waals surface area contributed by atoms with Gasteiger partial charge in [-0.3, -0.25) is 9.88 Å². The molecule has 8 rings (SSSR count). The van der Waals surface area contributed by atoms with Crippen LogP contribution in [-0.2, 0) is 10.9 Å². The first-order chi connectivity index (χ1) is 23.5. The summed E-state index contributed by atoms with van der Waals surface area (Å²) in [6, 6.07) is 1.36. The number of rotatable bonds is 6. The molecule has 15 heteroatoms. The minimum atomic E-state index is -5.02. The third kappa shape index (κ3) is 5.48. The number of aromatic nitrogens is 3. The van der Waals surface area contributed by atoms with E-state index < -0.39 is 45.9 Å². The number of benzene rings is 1. The number of anilines is 2. The van der Waals surface area contributed by atoms with E-state index in [9.17, 15) is 17.6 Å². The van der Waals surface area contributed by atoms with Gasteiger partial charge in [0.15, 0.2) is 11.6 Å². The molecule has 2 bridgehead atoms. The highest BCUT2D eigenvalue weighted by atomic mass is 19.4. The Morgan fingerprint density at radius 2 is 1.92 bits per heavy atom. The topological polar surface area (TPSA) is 102 Å². The molecular formula is C34H37F6N7O2. The number of alkyl halides is 3. The Labute approximate surface area is 278 Å². The van der Waals surface area contributed by atoms with Crippen molar-refractivity contribution in [3.05, 3.63) is 47.4 Å². The van der Waals surface area contributed by atoms with Crippen molar-refractivity contribution < 1.29 is 35.8 Å². The van der Waals surface area contributed by atoms with Gasteiger partial charge in [-0.05, 0) is 75.1 Å². The fraction of sp³-hybridized carbons (Fsp3) is 0.559. The fourth-order valence-electron chi connectivity index (χ4n) is 8.99. The van der Waals surface area contributed by atoms with E-state index in [2.05, 4.69) is 25.1 Å². The van der Waals surface area contributed by atoms with Crippen molar-refractivity contribution in [1.29, 1.82) is 0 Å². The van der Waals surface area contributed by atoms with Crippen LogP contribution in [0.1, 0.15) is 50.5 Å². The Kier molecular flexibility index (Phi) is 7.95. The fourth-order valence-corrected chi connectivity index (χ4v) is 8.99. The zero-order valence-electron chi connectivity index (χ0n) is 26.8.